The van der Waals surface area contributed by atoms with E-state index in [1.807, 2.05) is 4.68 Å². The maximum absolute atomic E-state index is 5.11. The zero-order chi connectivity index (χ0) is 16.7. The van der Waals surface area contributed by atoms with Crippen molar-refractivity contribution in [2.24, 2.45) is 10.9 Å². The summed E-state index contributed by atoms with van der Waals surface area (Å²) in [7, 11) is 1.67. The maximum Gasteiger partial charge on any atom is 0.191 e. The fourth-order valence-electron chi connectivity index (χ4n) is 2.62. The molecule has 0 fully saturated rings. The second kappa shape index (κ2) is 8.86. The van der Waals surface area contributed by atoms with E-state index in [-0.39, 0.29) is 0 Å². The standard InChI is InChI=1S/C16H30N6O/c1-5-17-16(18-9-8-12(2)3)19-13-6-7-15-20-14(11-23-4)21-22(15)10-13/h12-13H,5-11H2,1-4H3,(H2,17,18,19). The Morgan fingerprint density at radius 3 is 3.00 bits per heavy atom. The molecule has 0 aromatic carbocycles. The molecule has 1 aliphatic rings. The van der Waals surface area contributed by atoms with Gasteiger partial charge in [-0.1, -0.05) is 13.8 Å². The van der Waals surface area contributed by atoms with Crippen LogP contribution in [0.4, 0.5) is 0 Å². The first-order valence-electron chi connectivity index (χ1n) is 8.58. The molecule has 1 unspecified atom stereocenters. The van der Waals surface area contributed by atoms with E-state index in [0.717, 1.165) is 56.5 Å². The molecule has 7 heteroatoms. The number of aliphatic imine (C=N–C) groups is 1. The van der Waals surface area contributed by atoms with Crippen molar-refractivity contribution in [3.8, 4) is 0 Å². The molecule has 2 N–H and O–H groups in total. The molecule has 130 valence electrons. The predicted octanol–water partition coefficient (Wildman–Crippen LogP) is 1.34. The molecule has 2 rings (SSSR count). The number of aryl methyl sites for hydroxylation is 1. The highest BCUT2D eigenvalue weighted by Crippen LogP contribution is 2.13. The van der Waals surface area contributed by atoms with Crippen molar-refractivity contribution >= 4 is 5.96 Å². The highest BCUT2D eigenvalue weighted by molar-refractivity contribution is 5.80. The minimum atomic E-state index is 0.330. The quantitative estimate of drug-likeness (QED) is 0.585. The first-order valence-corrected chi connectivity index (χ1v) is 8.58. The Kier molecular flexibility index (Phi) is 6.83. The Morgan fingerprint density at radius 2 is 2.30 bits per heavy atom. The van der Waals surface area contributed by atoms with Crippen molar-refractivity contribution in [3.05, 3.63) is 11.6 Å². The molecule has 0 radical (unpaired) electrons. The van der Waals surface area contributed by atoms with Crippen LogP contribution in [0.25, 0.3) is 0 Å². The fraction of sp³-hybridized carbons (Fsp3) is 0.812. The maximum atomic E-state index is 5.11. The number of aromatic nitrogens is 3. The van der Waals surface area contributed by atoms with Crippen molar-refractivity contribution < 1.29 is 4.74 Å². The lowest BCUT2D eigenvalue weighted by molar-refractivity contribution is 0.177. The average Bonchev–Trinajstić information content (AvgIpc) is 2.89. The molecule has 0 amide bonds. The van der Waals surface area contributed by atoms with Crippen LogP contribution in [0.1, 0.15) is 45.3 Å². The topological polar surface area (TPSA) is 76.4 Å². The number of fused-ring (bicyclic) bond motifs is 1. The minimum absolute atomic E-state index is 0.330. The van der Waals surface area contributed by atoms with Gasteiger partial charge in [0.2, 0.25) is 0 Å². The van der Waals surface area contributed by atoms with Crippen LogP contribution in [-0.4, -0.2) is 47.0 Å². The zero-order valence-corrected chi connectivity index (χ0v) is 14.8. The van der Waals surface area contributed by atoms with E-state index in [4.69, 9.17) is 4.74 Å². The molecular weight excluding hydrogens is 292 g/mol. The van der Waals surface area contributed by atoms with E-state index in [9.17, 15) is 0 Å². The molecule has 0 aliphatic carbocycles. The zero-order valence-electron chi connectivity index (χ0n) is 14.8. The Balaban J connectivity index is 1.92. The summed E-state index contributed by atoms with van der Waals surface area (Å²) in [5.74, 6) is 3.39. The molecule has 2 heterocycles. The van der Waals surface area contributed by atoms with Crippen LogP contribution < -0.4 is 10.6 Å². The van der Waals surface area contributed by atoms with Gasteiger partial charge in [-0.05, 0) is 25.7 Å². The highest BCUT2D eigenvalue weighted by atomic mass is 16.5. The van der Waals surface area contributed by atoms with Crippen LogP contribution in [0.2, 0.25) is 0 Å². The lowest BCUT2D eigenvalue weighted by atomic mass is 10.1. The van der Waals surface area contributed by atoms with Gasteiger partial charge in [-0.2, -0.15) is 5.10 Å². The summed E-state index contributed by atoms with van der Waals surface area (Å²) in [4.78, 5) is 9.18. The summed E-state index contributed by atoms with van der Waals surface area (Å²) in [6, 6.07) is 0.330. The SMILES string of the molecule is CCNC(=NCCC(C)C)NC1CCc2nc(COC)nn2C1. The summed E-state index contributed by atoms with van der Waals surface area (Å²) >= 11 is 0. The van der Waals surface area contributed by atoms with Crippen LogP contribution in [-0.2, 0) is 24.3 Å². The Hall–Kier alpha value is -1.63. The molecule has 0 saturated carbocycles. The van der Waals surface area contributed by atoms with E-state index < -0.39 is 0 Å². The smallest absolute Gasteiger partial charge is 0.191 e. The fourth-order valence-corrected chi connectivity index (χ4v) is 2.62. The molecule has 7 nitrogen and oxygen atoms in total. The third-order valence-electron chi connectivity index (χ3n) is 3.84. The van der Waals surface area contributed by atoms with Crippen molar-refractivity contribution in [1.82, 2.24) is 25.4 Å². The van der Waals surface area contributed by atoms with Crippen molar-refractivity contribution in [2.75, 3.05) is 20.2 Å². The van der Waals surface area contributed by atoms with Crippen LogP contribution in [0.3, 0.4) is 0 Å². The minimum Gasteiger partial charge on any atom is -0.377 e. The van der Waals surface area contributed by atoms with Gasteiger partial charge < -0.3 is 15.4 Å². The van der Waals surface area contributed by atoms with E-state index in [1.54, 1.807) is 7.11 Å². The van der Waals surface area contributed by atoms with E-state index in [2.05, 4.69) is 46.5 Å². The number of nitrogens with one attached hydrogen (secondary N) is 2. The van der Waals surface area contributed by atoms with Crippen molar-refractivity contribution in [1.29, 1.82) is 0 Å². The summed E-state index contributed by atoms with van der Waals surface area (Å²) in [6.07, 6.45) is 3.08. The Bertz CT molecular complexity index is 511. The Morgan fingerprint density at radius 1 is 1.48 bits per heavy atom. The van der Waals surface area contributed by atoms with Gasteiger partial charge in [0, 0.05) is 32.7 Å². The van der Waals surface area contributed by atoms with Crippen molar-refractivity contribution in [3.63, 3.8) is 0 Å². The van der Waals surface area contributed by atoms with Crippen LogP contribution in [0.15, 0.2) is 4.99 Å². The number of methoxy groups -OCH3 is 1. The average molecular weight is 322 g/mol. The molecule has 0 bridgehead atoms. The van der Waals surface area contributed by atoms with Crippen molar-refractivity contribution in [2.45, 2.75) is 59.2 Å². The number of hydrogen-bond acceptors (Lipinski definition) is 4. The van der Waals surface area contributed by atoms with Crippen LogP contribution in [0.5, 0.6) is 0 Å². The normalized spacial score (nSPS) is 18.1. The van der Waals surface area contributed by atoms with Gasteiger partial charge in [0.05, 0.1) is 6.54 Å². The van der Waals surface area contributed by atoms with Gasteiger partial charge in [0.15, 0.2) is 11.8 Å². The van der Waals surface area contributed by atoms with E-state index in [1.165, 1.54) is 0 Å². The summed E-state index contributed by atoms with van der Waals surface area (Å²) < 4.78 is 7.10. The highest BCUT2D eigenvalue weighted by Gasteiger charge is 2.22. The molecule has 0 spiro atoms. The molecule has 1 aromatic rings. The molecule has 1 aliphatic heterocycles. The molecule has 1 atom stereocenters. The van der Waals surface area contributed by atoms with Gasteiger partial charge in [-0.15, -0.1) is 0 Å². The lowest BCUT2D eigenvalue weighted by Crippen LogP contribution is -2.47. The van der Waals surface area contributed by atoms with E-state index in [0.29, 0.717) is 18.6 Å². The van der Waals surface area contributed by atoms with Gasteiger partial charge in [-0.25, -0.2) is 9.67 Å². The number of hydrogen-bond donors (Lipinski definition) is 2. The lowest BCUT2D eigenvalue weighted by Gasteiger charge is -2.25. The number of nitrogens with zero attached hydrogens (tertiary/aromatic N) is 4. The second-order valence-corrected chi connectivity index (χ2v) is 6.38. The molecule has 23 heavy (non-hydrogen) atoms. The summed E-state index contributed by atoms with van der Waals surface area (Å²) in [5, 5.41) is 11.4. The number of guanidine groups is 1. The number of ether oxygens (including phenoxy) is 1. The first kappa shape index (κ1) is 17.7. The van der Waals surface area contributed by atoms with Gasteiger partial charge >= 0.3 is 0 Å². The van der Waals surface area contributed by atoms with Crippen LogP contribution in [0, 0.1) is 5.92 Å². The third kappa shape index (κ3) is 5.49. The monoisotopic (exact) mass is 322 g/mol. The first-order chi connectivity index (χ1) is 11.1. The molecule has 1 aromatic heterocycles. The summed E-state index contributed by atoms with van der Waals surface area (Å²) in [6.45, 7) is 9.55. The number of rotatable bonds is 7. The van der Waals surface area contributed by atoms with Gasteiger partial charge in [-0.3, -0.25) is 4.99 Å². The molecular formula is C16H30N6O. The van der Waals surface area contributed by atoms with Gasteiger partial charge in [0.25, 0.3) is 0 Å². The third-order valence-corrected chi connectivity index (χ3v) is 3.84. The van der Waals surface area contributed by atoms with Crippen LogP contribution >= 0.6 is 0 Å². The summed E-state index contributed by atoms with van der Waals surface area (Å²) in [5.41, 5.74) is 0. The predicted molar refractivity (Wildman–Crippen MR) is 91.4 cm³/mol. The van der Waals surface area contributed by atoms with Gasteiger partial charge in [0.1, 0.15) is 12.4 Å². The second-order valence-electron chi connectivity index (χ2n) is 6.38. The molecule has 0 saturated heterocycles. The Labute approximate surface area is 138 Å². The largest absolute Gasteiger partial charge is 0.377 e. The van der Waals surface area contributed by atoms with E-state index >= 15 is 0 Å².